The fourth-order valence-corrected chi connectivity index (χ4v) is 3.17. The number of hydrogen-bond acceptors (Lipinski definition) is 2. The van der Waals surface area contributed by atoms with Crippen molar-refractivity contribution < 1.29 is 0 Å². The average molecular weight is 336 g/mol. The van der Waals surface area contributed by atoms with Crippen molar-refractivity contribution in [2.75, 3.05) is 0 Å². The molecule has 0 saturated heterocycles. The van der Waals surface area contributed by atoms with Gasteiger partial charge in [0.2, 0.25) is 0 Å². The summed E-state index contributed by atoms with van der Waals surface area (Å²) in [6, 6.07) is 10.7. The Morgan fingerprint density at radius 3 is 2.60 bits per heavy atom. The molecule has 2 rings (SSSR count). The first-order valence-corrected chi connectivity index (χ1v) is 7.90. The van der Waals surface area contributed by atoms with E-state index in [1.807, 2.05) is 17.8 Å². The lowest BCUT2D eigenvalue weighted by Gasteiger charge is -2.12. The number of rotatable bonds is 6. The van der Waals surface area contributed by atoms with Crippen molar-refractivity contribution in [1.29, 1.82) is 0 Å². The van der Waals surface area contributed by atoms with Crippen LogP contribution in [0.5, 0.6) is 0 Å². The lowest BCUT2D eigenvalue weighted by Crippen LogP contribution is -2.25. The van der Waals surface area contributed by atoms with Crippen LogP contribution < -0.4 is 5.73 Å². The Morgan fingerprint density at radius 1 is 1.30 bits per heavy atom. The molecule has 0 spiro atoms. The third-order valence-electron chi connectivity index (χ3n) is 3.61. The molecule has 1 unspecified atom stereocenters. The highest BCUT2D eigenvalue weighted by Crippen LogP contribution is 2.23. The van der Waals surface area contributed by atoms with E-state index in [2.05, 4.69) is 52.2 Å². The van der Waals surface area contributed by atoms with Crippen molar-refractivity contribution in [3.63, 3.8) is 0 Å². The van der Waals surface area contributed by atoms with Gasteiger partial charge in [0.25, 0.3) is 0 Å². The fraction of sp³-hybridized carbons (Fsp3) is 0.438. The van der Waals surface area contributed by atoms with Crippen LogP contribution in [0.4, 0.5) is 0 Å². The van der Waals surface area contributed by atoms with Gasteiger partial charge in [0.05, 0.1) is 15.9 Å². The molecular formula is C16H22BrN3. The number of hydrogen-bond donors (Lipinski definition) is 1. The average Bonchev–Trinajstić information content (AvgIpc) is 2.73. The second kappa shape index (κ2) is 7.04. The topological polar surface area (TPSA) is 43.8 Å². The first kappa shape index (κ1) is 15.3. The molecule has 0 aliphatic heterocycles. The Balaban J connectivity index is 1.95. The van der Waals surface area contributed by atoms with Gasteiger partial charge in [0, 0.05) is 19.5 Å². The van der Waals surface area contributed by atoms with Gasteiger partial charge in [-0.2, -0.15) is 5.10 Å². The highest BCUT2D eigenvalue weighted by Gasteiger charge is 2.15. The van der Waals surface area contributed by atoms with E-state index in [0.717, 1.165) is 35.8 Å². The van der Waals surface area contributed by atoms with Crippen molar-refractivity contribution in [2.24, 2.45) is 12.8 Å². The summed E-state index contributed by atoms with van der Waals surface area (Å²) < 4.78 is 3.07. The Morgan fingerprint density at radius 2 is 2.00 bits per heavy atom. The fourth-order valence-electron chi connectivity index (χ4n) is 2.39. The van der Waals surface area contributed by atoms with Gasteiger partial charge in [0.1, 0.15) is 0 Å². The summed E-state index contributed by atoms with van der Waals surface area (Å²) in [6.07, 6.45) is 3.81. The zero-order chi connectivity index (χ0) is 14.5. The van der Waals surface area contributed by atoms with Gasteiger partial charge >= 0.3 is 0 Å². The van der Waals surface area contributed by atoms with Crippen molar-refractivity contribution in [1.82, 2.24) is 9.78 Å². The van der Waals surface area contributed by atoms with E-state index in [9.17, 15) is 0 Å². The lowest BCUT2D eigenvalue weighted by atomic mass is 10.0. The summed E-state index contributed by atoms with van der Waals surface area (Å²) >= 11 is 3.65. The summed E-state index contributed by atoms with van der Waals surface area (Å²) in [5.74, 6) is 0. The molecule has 0 aliphatic carbocycles. The quantitative estimate of drug-likeness (QED) is 0.880. The van der Waals surface area contributed by atoms with Gasteiger partial charge in [-0.25, -0.2) is 0 Å². The van der Waals surface area contributed by atoms with Crippen LogP contribution >= 0.6 is 15.9 Å². The van der Waals surface area contributed by atoms with Crippen LogP contribution in [0.25, 0.3) is 0 Å². The third-order valence-corrected chi connectivity index (χ3v) is 4.52. The maximum absolute atomic E-state index is 6.28. The molecule has 0 radical (unpaired) electrons. The smallest absolute Gasteiger partial charge is 0.0766 e. The first-order chi connectivity index (χ1) is 9.61. The monoisotopic (exact) mass is 335 g/mol. The van der Waals surface area contributed by atoms with Crippen LogP contribution in [0.1, 0.15) is 30.3 Å². The zero-order valence-electron chi connectivity index (χ0n) is 12.1. The summed E-state index contributed by atoms with van der Waals surface area (Å²) in [5, 5.41) is 4.51. The van der Waals surface area contributed by atoms with Crippen LogP contribution in [0.3, 0.4) is 0 Å². The largest absolute Gasteiger partial charge is 0.327 e. The van der Waals surface area contributed by atoms with Gasteiger partial charge in [-0.3, -0.25) is 4.68 Å². The van der Waals surface area contributed by atoms with Crippen LogP contribution in [0.15, 0.2) is 34.8 Å². The number of nitrogens with two attached hydrogens (primary N) is 1. The molecule has 0 aliphatic rings. The van der Waals surface area contributed by atoms with E-state index in [1.54, 1.807) is 0 Å². The molecule has 1 aromatic heterocycles. The molecule has 4 heteroatoms. The Kier molecular flexibility index (Phi) is 5.38. The molecular weight excluding hydrogens is 314 g/mol. The second-order valence-corrected chi connectivity index (χ2v) is 5.97. The molecule has 0 fully saturated rings. The molecule has 2 aromatic rings. The van der Waals surface area contributed by atoms with Gasteiger partial charge in [-0.15, -0.1) is 0 Å². The van der Waals surface area contributed by atoms with Crippen LogP contribution in [0, 0.1) is 0 Å². The number of aryl methyl sites for hydroxylation is 3. The van der Waals surface area contributed by atoms with Crippen molar-refractivity contribution in [2.45, 2.75) is 38.6 Å². The van der Waals surface area contributed by atoms with Gasteiger partial charge in [-0.1, -0.05) is 37.3 Å². The molecule has 0 amide bonds. The van der Waals surface area contributed by atoms with E-state index in [-0.39, 0.29) is 6.04 Å². The predicted octanol–water partition coefficient (Wildman–Crippen LogP) is 3.25. The summed E-state index contributed by atoms with van der Waals surface area (Å²) in [5.41, 5.74) is 9.93. The van der Waals surface area contributed by atoms with Gasteiger partial charge < -0.3 is 5.73 Å². The molecule has 2 N–H and O–H groups in total. The Bertz CT molecular complexity index is 548. The lowest BCUT2D eigenvalue weighted by molar-refractivity contribution is 0.576. The minimum atomic E-state index is 0.159. The second-order valence-electron chi connectivity index (χ2n) is 5.17. The van der Waals surface area contributed by atoms with Crippen molar-refractivity contribution in [3.05, 3.63) is 51.8 Å². The molecule has 0 saturated carbocycles. The number of halogens is 1. The molecule has 108 valence electrons. The highest BCUT2D eigenvalue weighted by atomic mass is 79.9. The molecule has 20 heavy (non-hydrogen) atoms. The van der Waals surface area contributed by atoms with E-state index >= 15 is 0 Å². The van der Waals surface area contributed by atoms with Crippen molar-refractivity contribution >= 4 is 15.9 Å². The number of benzene rings is 1. The van der Waals surface area contributed by atoms with E-state index in [1.165, 1.54) is 11.3 Å². The normalized spacial score (nSPS) is 12.6. The SMILES string of the molecule is CCc1nn(C)c(CC(N)CCc2ccccc2)c1Br. The number of nitrogens with zero attached hydrogens (tertiary/aromatic N) is 2. The standard InChI is InChI=1S/C16H22BrN3/c1-3-14-16(17)15(20(2)19-14)11-13(18)10-9-12-7-5-4-6-8-12/h4-8,13H,3,9-11,18H2,1-2H3. The van der Waals surface area contributed by atoms with Crippen LogP contribution in [-0.2, 0) is 26.3 Å². The van der Waals surface area contributed by atoms with E-state index in [0.29, 0.717) is 0 Å². The van der Waals surface area contributed by atoms with E-state index in [4.69, 9.17) is 5.73 Å². The summed E-state index contributed by atoms with van der Waals surface area (Å²) in [7, 11) is 1.99. The Hall–Kier alpha value is -1.13. The maximum Gasteiger partial charge on any atom is 0.0766 e. The first-order valence-electron chi connectivity index (χ1n) is 7.11. The predicted molar refractivity (Wildman–Crippen MR) is 86.7 cm³/mol. The number of aromatic nitrogens is 2. The maximum atomic E-state index is 6.28. The minimum Gasteiger partial charge on any atom is -0.327 e. The van der Waals surface area contributed by atoms with Crippen LogP contribution in [0.2, 0.25) is 0 Å². The summed E-state index contributed by atoms with van der Waals surface area (Å²) in [4.78, 5) is 0. The molecule has 1 heterocycles. The molecule has 1 aromatic carbocycles. The van der Waals surface area contributed by atoms with Gasteiger partial charge in [0.15, 0.2) is 0 Å². The van der Waals surface area contributed by atoms with Gasteiger partial charge in [-0.05, 0) is 40.8 Å². The molecule has 0 bridgehead atoms. The summed E-state index contributed by atoms with van der Waals surface area (Å²) in [6.45, 7) is 2.12. The third kappa shape index (κ3) is 3.70. The van der Waals surface area contributed by atoms with Crippen molar-refractivity contribution in [3.8, 4) is 0 Å². The van der Waals surface area contributed by atoms with Crippen LogP contribution in [-0.4, -0.2) is 15.8 Å². The minimum absolute atomic E-state index is 0.159. The zero-order valence-corrected chi connectivity index (χ0v) is 13.7. The van der Waals surface area contributed by atoms with E-state index < -0.39 is 0 Å². The highest BCUT2D eigenvalue weighted by molar-refractivity contribution is 9.10. The molecule has 1 atom stereocenters. The Labute approximate surface area is 129 Å². The molecule has 3 nitrogen and oxygen atoms in total.